The maximum absolute atomic E-state index is 5.52. The molecule has 1 unspecified atom stereocenters. The van der Waals surface area contributed by atoms with Gasteiger partial charge in [-0.3, -0.25) is 0 Å². The van der Waals surface area contributed by atoms with Crippen LogP contribution >= 0.6 is 59.1 Å². The molecule has 2 rings (SSSR count). The molecule has 7 heteroatoms. The summed E-state index contributed by atoms with van der Waals surface area (Å²) in [6.45, 7) is 0. The maximum atomic E-state index is 5.52. The highest BCUT2D eigenvalue weighted by Crippen LogP contribution is 2.42. The first-order valence-corrected chi connectivity index (χ1v) is 9.24. The van der Waals surface area contributed by atoms with Gasteiger partial charge in [-0.25, -0.2) is 0 Å². The number of hydrogen-bond donors (Lipinski definition) is 1. The van der Waals surface area contributed by atoms with Crippen molar-refractivity contribution in [2.75, 3.05) is 21.3 Å². The molecule has 0 amide bonds. The van der Waals surface area contributed by atoms with Crippen molar-refractivity contribution in [3.8, 4) is 11.5 Å². The van der Waals surface area contributed by atoms with Crippen molar-refractivity contribution in [2.24, 2.45) is 0 Å². The number of ether oxygens (including phenoxy) is 2. The molecule has 0 aliphatic rings. The average Bonchev–Trinajstić information content (AvgIpc) is 2.80. The zero-order valence-electron chi connectivity index (χ0n) is 11.7. The maximum Gasteiger partial charge on any atom is 0.133 e. The van der Waals surface area contributed by atoms with Crippen LogP contribution in [0.15, 0.2) is 30.9 Å². The number of benzene rings is 1. The topological polar surface area (TPSA) is 30.5 Å². The summed E-state index contributed by atoms with van der Waals surface area (Å²) in [5.41, 5.74) is 1.03. The lowest BCUT2D eigenvalue weighted by molar-refractivity contribution is 0.393. The van der Waals surface area contributed by atoms with E-state index in [1.54, 1.807) is 25.6 Å². The molecule has 21 heavy (non-hydrogen) atoms. The second kappa shape index (κ2) is 7.46. The fourth-order valence-electron chi connectivity index (χ4n) is 2.07. The highest BCUT2D eigenvalue weighted by molar-refractivity contribution is 9.13. The standard InChI is InChI=1S/C14H14Br3NO2S/c1-18-13(12-6-9(16)14(17)21-12)7-4-11(20-3)8(15)5-10(7)19-2/h4-6,13,18H,1-3H3. The lowest BCUT2D eigenvalue weighted by Gasteiger charge is -2.20. The van der Waals surface area contributed by atoms with Gasteiger partial charge in [-0.15, -0.1) is 11.3 Å². The first-order valence-electron chi connectivity index (χ1n) is 6.05. The van der Waals surface area contributed by atoms with E-state index in [0.717, 1.165) is 29.8 Å². The van der Waals surface area contributed by atoms with Gasteiger partial charge in [-0.2, -0.15) is 0 Å². The van der Waals surface area contributed by atoms with Gasteiger partial charge in [-0.05, 0) is 73.0 Å². The minimum Gasteiger partial charge on any atom is -0.496 e. The molecule has 1 aromatic carbocycles. The molecule has 2 aromatic rings. The number of hydrogen-bond acceptors (Lipinski definition) is 4. The fourth-order valence-corrected chi connectivity index (χ4v) is 4.77. The molecule has 0 fully saturated rings. The molecular formula is C14H14Br3NO2S. The molecule has 1 heterocycles. The molecule has 0 saturated carbocycles. The number of rotatable bonds is 5. The largest absolute Gasteiger partial charge is 0.496 e. The monoisotopic (exact) mass is 497 g/mol. The minimum atomic E-state index is 0.0227. The van der Waals surface area contributed by atoms with Crippen molar-refractivity contribution >= 4 is 59.1 Å². The van der Waals surface area contributed by atoms with Gasteiger partial charge in [-0.1, -0.05) is 0 Å². The van der Waals surface area contributed by atoms with Crippen molar-refractivity contribution in [1.82, 2.24) is 5.32 Å². The lowest BCUT2D eigenvalue weighted by Crippen LogP contribution is -2.17. The van der Waals surface area contributed by atoms with Gasteiger partial charge in [0, 0.05) is 14.9 Å². The summed E-state index contributed by atoms with van der Waals surface area (Å²) >= 11 is 12.2. The quantitative estimate of drug-likeness (QED) is 0.600. The molecule has 1 atom stereocenters. The predicted molar refractivity (Wildman–Crippen MR) is 97.9 cm³/mol. The Morgan fingerprint density at radius 2 is 1.67 bits per heavy atom. The molecule has 0 radical (unpaired) electrons. The lowest BCUT2D eigenvalue weighted by atomic mass is 10.0. The van der Waals surface area contributed by atoms with Crippen LogP contribution in [0.25, 0.3) is 0 Å². The zero-order chi connectivity index (χ0) is 15.6. The predicted octanol–water partition coefficient (Wildman–Crippen LogP) is 5.36. The van der Waals surface area contributed by atoms with Gasteiger partial charge < -0.3 is 14.8 Å². The van der Waals surface area contributed by atoms with E-state index in [0.29, 0.717) is 0 Å². The highest BCUT2D eigenvalue weighted by atomic mass is 79.9. The number of methoxy groups -OCH3 is 2. The van der Waals surface area contributed by atoms with Crippen LogP contribution in [-0.2, 0) is 0 Å². The SMILES string of the molecule is CNC(c1cc(Br)c(Br)s1)c1cc(OC)c(Br)cc1OC. The molecule has 0 spiro atoms. The summed E-state index contributed by atoms with van der Waals surface area (Å²) in [5, 5.41) is 3.34. The Labute approximate surface area is 153 Å². The van der Waals surface area contributed by atoms with E-state index < -0.39 is 0 Å². The number of halogens is 3. The van der Waals surface area contributed by atoms with E-state index in [4.69, 9.17) is 9.47 Å². The van der Waals surface area contributed by atoms with Gasteiger partial charge in [0.05, 0.1) is 28.5 Å². The second-order valence-corrected chi connectivity index (χ2v) is 8.33. The third kappa shape index (κ3) is 3.64. The van der Waals surface area contributed by atoms with Gasteiger partial charge in [0.1, 0.15) is 11.5 Å². The summed E-state index contributed by atoms with van der Waals surface area (Å²) in [6.07, 6.45) is 0. The van der Waals surface area contributed by atoms with Crippen LogP contribution in [0.4, 0.5) is 0 Å². The Morgan fingerprint density at radius 1 is 1.00 bits per heavy atom. The van der Waals surface area contributed by atoms with E-state index in [1.165, 1.54) is 4.88 Å². The van der Waals surface area contributed by atoms with Gasteiger partial charge >= 0.3 is 0 Å². The molecule has 1 N–H and O–H groups in total. The molecule has 0 aliphatic carbocycles. The van der Waals surface area contributed by atoms with Gasteiger partial charge in [0.2, 0.25) is 0 Å². The van der Waals surface area contributed by atoms with Crippen LogP contribution in [0.3, 0.4) is 0 Å². The van der Waals surface area contributed by atoms with Crippen LogP contribution in [0.2, 0.25) is 0 Å². The summed E-state index contributed by atoms with van der Waals surface area (Å²) in [7, 11) is 5.26. The number of thiophene rings is 1. The molecule has 114 valence electrons. The molecule has 0 bridgehead atoms. The van der Waals surface area contributed by atoms with Crippen molar-refractivity contribution in [1.29, 1.82) is 0 Å². The van der Waals surface area contributed by atoms with Crippen LogP contribution in [-0.4, -0.2) is 21.3 Å². The second-order valence-electron chi connectivity index (χ2n) is 4.22. The normalized spacial score (nSPS) is 12.3. The first kappa shape index (κ1) is 17.3. The molecule has 3 nitrogen and oxygen atoms in total. The Hall–Kier alpha value is -0.0800. The molecular weight excluding hydrogens is 486 g/mol. The van der Waals surface area contributed by atoms with Crippen molar-refractivity contribution < 1.29 is 9.47 Å². The van der Waals surface area contributed by atoms with E-state index in [-0.39, 0.29) is 6.04 Å². The van der Waals surface area contributed by atoms with Crippen molar-refractivity contribution in [3.05, 3.63) is 41.4 Å². The van der Waals surface area contributed by atoms with Gasteiger partial charge in [0.15, 0.2) is 0 Å². The van der Waals surface area contributed by atoms with Crippen LogP contribution < -0.4 is 14.8 Å². The molecule has 0 aliphatic heterocycles. The Kier molecular flexibility index (Phi) is 6.14. The Balaban J connectivity index is 2.55. The van der Waals surface area contributed by atoms with Crippen LogP contribution in [0.5, 0.6) is 11.5 Å². The van der Waals surface area contributed by atoms with E-state index in [9.17, 15) is 0 Å². The highest BCUT2D eigenvalue weighted by Gasteiger charge is 2.22. The molecule has 0 saturated heterocycles. The van der Waals surface area contributed by atoms with Crippen LogP contribution in [0.1, 0.15) is 16.5 Å². The summed E-state index contributed by atoms with van der Waals surface area (Å²) < 4.78 is 13.9. The van der Waals surface area contributed by atoms with Crippen molar-refractivity contribution in [2.45, 2.75) is 6.04 Å². The summed E-state index contributed by atoms with van der Waals surface area (Å²) in [5.74, 6) is 1.59. The van der Waals surface area contributed by atoms with E-state index >= 15 is 0 Å². The summed E-state index contributed by atoms with van der Waals surface area (Å²) in [4.78, 5) is 1.18. The average molecular weight is 500 g/mol. The number of nitrogens with one attached hydrogen (secondary N) is 1. The van der Waals surface area contributed by atoms with Crippen molar-refractivity contribution in [3.63, 3.8) is 0 Å². The molecule has 1 aromatic heterocycles. The van der Waals surface area contributed by atoms with Crippen LogP contribution in [0, 0.1) is 0 Å². The zero-order valence-corrected chi connectivity index (χ0v) is 17.2. The minimum absolute atomic E-state index is 0.0227. The Bertz CT molecular complexity index is 626. The fraction of sp³-hybridized carbons (Fsp3) is 0.286. The van der Waals surface area contributed by atoms with Gasteiger partial charge in [0.25, 0.3) is 0 Å². The first-order chi connectivity index (χ1) is 10.0. The van der Waals surface area contributed by atoms with E-state index in [1.807, 2.05) is 19.2 Å². The Morgan fingerprint density at radius 3 is 2.14 bits per heavy atom. The summed E-state index contributed by atoms with van der Waals surface area (Å²) in [6, 6.07) is 6.04. The smallest absolute Gasteiger partial charge is 0.133 e. The third-order valence-corrected chi connectivity index (χ3v) is 6.99. The van der Waals surface area contributed by atoms with E-state index in [2.05, 4.69) is 59.2 Å². The third-order valence-electron chi connectivity index (χ3n) is 3.05.